The van der Waals surface area contributed by atoms with Crippen LogP contribution in [0.2, 0.25) is 5.02 Å². The minimum Gasteiger partial charge on any atom is -0.288 e. The molecule has 7 heteroatoms. The molecule has 6 nitrogen and oxygen atoms in total. The molecule has 0 spiro atoms. The molecule has 0 bridgehead atoms. The third kappa shape index (κ3) is 2.34. The number of nitrogens with zero attached hydrogens (tertiary/aromatic N) is 4. The van der Waals surface area contributed by atoms with Crippen molar-refractivity contribution < 1.29 is 4.79 Å². The molecule has 2 rings (SSSR count). The number of aryl methyl sites for hydroxylation is 1. The van der Waals surface area contributed by atoms with Crippen molar-refractivity contribution in [2.24, 2.45) is 7.05 Å². The van der Waals surface area contributed by atoms with Crippen molar-refractivity contribution in [1.82, 2.24) is 20.2 Å². The SMILES string of the molecule is Cn1nnc(NC(=O)c2cccc(Cl)c2)n1. The Kier molecular flexibility index (Phi) is 2.82. The standard InChI is InChI=1S/C9H8ClN5O/c1-15-13-9(12-14-15)11-8(16)6-3-2-4-7(10)5-6/h2-5H,1H3,(H,11,13,16). The molecule has 1 N–H and O–H groups in total. The van der Waals surface area contributed by atoms with Crippen LogP contribution in [-0.2, 0) is 7.05 Å². The first kappa shape index (κ1) is 10.6. The summed E-state index contributed by atoms with van der Waals surface area (Å²) in [4.78, 5) is 12.9. The van der Waals surface area contributed by atoms with E-state index in [9.17, 15) is 4.79 Å². The maximum Gasteiger partial charge on any atom is 0.270 e. The van der Waals surface area contributed by atoms with Gasteiger partial charge in [-0.05, 0) is 23.4 Å². The number of halogens is 1. The molecule has 0 aliphatic carbocycles. The molecule has 0 saturated heterocycles. The third-order valence-corrected chi connectivity index (χ3v) is 2.06. The molecular weight excluding hydrogens is 230 g/mol. The lowest BCUT2D eigenvalue weighted by atomic mass is 10.2. The van der Waals surface area contributed by atoms with E-state index in [4.69, 9.17) is 11.6 Å². The predicted molar refractivity (Wildman–Crippen MR) is 58.2 cm³/mol. The lowest BCUT2D eigenvalue weighted by Gasteiger charge is -2.00. The molecule has 0 saturated carbocycles. The van der Waals surface area contributed by atoms with Crippen LogP contribution in [0.5, 0.6) is 0 Å². The largest absolute Gasteiger partial charge is 0.288 e. The lowest BCUT2D eigenvalue weighted by Crippen LogP contribution is -2.13. The zero-order valence-corrected chi connectivity index (χ0v) is 9.14. The van der Waals surface area contributed by atoms with E-state index in [1.54, 1.807) is 31.3 Å². The van der Waals surface area contributed by atoms with E-state index in [1.807, 2.05) is 0 Å². The number of rotatable bonds is 2. The summed E-state index contributed by atoms with van der Waals surface area (Å²) in [5.74, 6) is -0.164. The van der Waals surface area contributed by atoms with Gasteiger partial charge in [0.25, 0.3) is 11.9 Å². The van der Waals surface area contributed by atoms with E-state index in [0.717, 1.165) is 0 Å². The van der Waals surface area contributed by atoms with Crippen LogP contribution in [0.25, 0.3) is 0 Å². The Labute approximate surface area is 96.2 Å². The Hall–Kier alpha value is -1.95. The molecule has 1 heterocycles. The van der Waals surface area contributed by atoms with Crippen molar-refractivity contribution in [1.29, 1.82) is 0 Å². The fraction of sp³-hybridized carbons (Fsp3) is 0.111. The molecule has 0 unspecified atom stereocenters. The molecule has 1 amide bonds. The van der Waals surface area contributed by atoms with Gasteiger partial charge in [-0.2, -0.15) is 4.80 Å². The first-order chi connectivity index (χ1) is 7.65. The second-order valence-electron chi connectivity index (χ2n) is 3.07. The molecule has 16 heavy (non-hydrogen) atoms. The minimum absolute atomic E-state index is 0.160. The first-order valence-corrected chi connectivity index (χ1v) is 4.84. The molecule has 1 aromatic carbocycles. The van der Waals surface area contributed by atoms with Crippen molar-refractivity contribution in [3.05, 3.63) is 34.9 Å². The summed E-state index contributed by atoms with van der Waals surface area (Å²) in [6.45, 7) is 0. The fourth-order valence-electron chi connectivity index (χ4n) is 1.14. The van der Waals surface area contributed by atoms with Crippen LogP contribution >= 0.6 is 11.6 Å². The zero-order valence-electron chi connectivity index (χ0n) is 8.38. The van der Waals surface area contributed by atoms with Gasteiger partial charge in [0.05, 0.1) is 7.05 Å². The highest BCUT2D eigenvalue weighted by Crippen LogP contribution is 2.11. The monoisotopic (exact) mass is 237 g/mol. The molecule has 0 aliphatic rings. The van der Waals surface area contributed by atoms with Crippen molar-refractivity contribution >= 4 is 23.5 Å². The predicted octanol–water partition coefficient (Wildman–Crippen LogP) is 1.12. The topological polar surface area (TPSA) is 72.7 Å². The van der Waals surface area contributed by atoms with Crippen LogP contribution in [0.4, 0.5) is 5.95 Å². The van der Waals surface area contributed by atoms with E-state index < -0.39 is 0 Å². The van der Waals surface area contributed by atoms with E-state index in [2.05, 4.69) is 20.7 Å². The highest BCUT2D eigenvalue weighted by molar-refractivity contribution is 6.31. The Morgan fingerprint density at radius 3 is 2.94 bits per heavy atom. The molecule has 0 fully saturated rings. The molecule has 0 atom stereocenters. The summed E-state index contributed by atoms with van der Waals surface area (Å²) in [7, 11) is 1.61. The van der Waals surface area contributed by atoms with Crippen LogP contribution < -0.4 is 5.32 Å². The highest BCUT2D eigenvalue weighted by Gasteiger charge is 2.09. The summed E-state index contributed by atoms with van der Waals surface area (Å²) in [6, 6.07) is 6.60. The smallest absolute Gasteiger partial charge is 0.270 e. The van der Waals surface area contributed by atoms with E-state index in [-0.39, 0.29) is 11.9 Å². The lowest BCUT2D eigenvalue weighted by molar-refractivity contribution is 0.102. The third-order valence-electron chi connectivity index (χ3n) is 1.82. The van der Waals surface area contributed by atoms with Gasteiger partial charge in [-0.25, -0.2) is 0 Å². The summed E-state index contributed by atoms with van der Waals surface area (Å²) in [5, 5.41) is 14.1. The number of tetrazole rings is 1. The molecule has 82 valence electrons. The van der Waals surface area contributed by atoms with Crippen LogP contribution in [0.15, 0.2) is 24.3 Å². The normalized spacial score (nSPS) is 10.1. The van der Waals surface area contributed by atoms with Gasteiger partial charge < -0.3 is 0 Å². The Bertz CT molecular complexity index is 524. The van der Waals surface area contributed by atoms with Gasteiger partial charge in [-0.15, -0.1) is 5.10 Å². The Morgan fingerprint density at radius 2 is 2.31 bits per heavy atom. The number of hydrogen-bond donors (Lipinski definition) is 1. The van der Waals surface area contributed by atoms with Gasteiger partial charge >= 0.3 is 0 Å². The Morgan fingerprint density at radius 1 is 1.50 bits per heavy atom. The quantitative estimate of drug-likeness (QED) is 0.849. The van der Waals surface area contributed by atoms with Crippen molar-refractivity contribution in [2.45, 2.75) is 0 Å². The summed E-state index contributed by atoms with van der Waals surface area (Å²) in [5.41, 5.74) is 0.444. The summed E-state index contributed by atoms with van der Waals surface area (Å²) < 4.78 is 0. The Balaban J connectivity index is 2.14. The first-order valence-electron chi connectivity index (χ1n) is 4.46. The number of hydrogen-bond acceptors (Lipinski definition) is 4. The number of anilines is 1. The number of benzene rings is 1. The average molecular weight is 238 g/mol. The summed E-state index contributed by atoms with van der Waals surface area (Å²) in [6.07, 6.45) is 0. The number of amides is 1. The zero-order chi connectivity index (χ0) is 11.5. The number of aromatic nitrogens is 4. The van der Waals surface area contributed by atoms with Gasteiger partial charge in [-0.3, -0.25) is 10.1 Å². The number of carbonyl (C=O) groups is 1. The maximum atomic E-state index is 11.7. The molecule has 0 aliphatic heterocycles. The number of carbonyl (C=O) groups excluding carboxylic acids is 1. The van der Waals surface area contributed by atoms with Gasteiger partial charge in [0, 0.05) is 10.6 Å². The van der Waals surface area contributed by atoms with Gasteiger partial charge in [0.1, 0.15) is 0 Å². The molecule has 2 aromatic rings. The summed E-state index contributed by atoms with van der Waals surface area (Å²) >= 11 is 5.77. The van der Waals surface area contributed by atoms with E-state index >= 15 is 0 Å². The highest BCUT2D eigenvalue weighted by atomic mass is 35.5. The van der Waals surface area contributed by atoms with Crippen molar-refractivity contribution in [2.75, 3.05) is 5.32 Å². The second kappa shape index (κ2) is 4.28. The van der Waals surface area contributed by atoms with Crippen LogP contribution in [0, 0.1) is 0 Å². The van der Waals surface area contributed by atoms with Crippen LogP contribution in [0.3, 0.4) is 0 Å². The van der Waals surface area contributed by atoms with Crippen molar-refractivity contribution in [3.8, 4) is 0 Å². The molecular formula is C9H8ClN5O. The fourth-order valence-corrected chi connectivity index (χ4v) is 1.33. The minimum atomic E-state index is -0.324. The van der Waals surface area contributed by atoms with E-state index in [1.165, 1.54) is 4.80 Å². The molecule has 1 aromatic heterocycles. The van der Waals surface area contributed by atoms with Crippen LogP contribution in [0.1, 0.15) is 10.4 Å². The maximum absolute atomic E-state index is 11.7. The second-order valence-corrected chi connectivity index (χ2v) is 3.50. The van der Waals surface area contributed by atoms with Crippen molar-refractivity contribution in [3.63, 3.8) is 0 Å². The average Bonchev–Trinajstić information content (AvgIpc) is 2.64. The van der Waals surface area contributed by atoms with Gasteiger partial charge in [0.2, 0.25) is 0 Å². The number of nitrogens with one attached hydrogen (secondary N) is 1. The van der Waals surface area contributed by atoms with Gasteiger partial charge in [0.15, 0.2) is 0 Å². The van der Waals surface area contributed by atoms with Crippen LogP contribution in [-0.4, -0.2) is 26.1 Å². The van der Waals surface area contributed by atoms with E-state index in [0.29, 0.717) is 10.6 Å². The molecule has 0 radical (unpaired) electrons. The van der Waals surface area contributed by atoms with Gasteiger partial charge in [-0.1, -0.05) is 22.8 Å².